The van der Waals surface area contributed by atoms with Gasteiger partial charge in [-0.25, -0.2) is 0 Å². The van der Waals surface area contributed by atoms with Crippen LogP contribution in [0.3, 0.4) is 0 Å². The lowest BCUT2D eigenvalue weighted by atomic mass is 9.96. The molecule has 0 fully saturated rings. The van der Waals surface area contributed by atoms with Crippen LogP contribution in [0.5, 0.6) is 0 Å². The van der Waals surface area contributed by atoms with Gasteiger partial charge in [0.2, 0.25) is 29.5 Å². The standard InChI is InChI=1S/C30H49N5O6/c1-17(2)13-23(28(31)39)34-29(40)20(7)32-26(38)16-24(36)22(15-21-11-9-8-10-12-21)33-30(41)27(19(5)6)35-25(37)14-18(3)4/h8-12,17-20,22-24,27,36H,13-16H2,1-7H3,(H2,31,39)(H,32,38)(H,33,41)(H,34,40)(H,35,37)/t20-,22-,23-,24-,27-/m0/s1. The molecule has 0 heterocycles. The molecule has 0 saturated heterocycles. The quantitative estimate of drug-likeness (QED) is 0.162. The summed E-state index contributed by atoms with van der Waals surface area (Å²) in [5.74, 6) is -2.55. The third-order valence-electron chi connectivity index (χ3n) is 6.48. The zero-order chi connectivity index (χ0) is 31.3. The number of aliphatic hydroxyl groups excluding tert-OH is 1. The highest BCUT2D eigenvalue weighted by molar-refractivity contribution is 5.91. The number of nitrogens with two attached hydrogens (primary N) is 1. The Hall–Kier alpha value is -3.47. The Labute approximate surface area is 243 Å². The molecule has 11 nitrogen and oxygen atoms in total. The second-order valence-electron chi connectivity index (χ2n) is 11.8. The van der Waals surface area contributed by atoms with Crippen molar-refractivity contribution in [2.75, 3.05) is 0 Å². The van der Waals surface area contributed by atoms with Gasteiger partial charge < -0.3 is 32.1 Å². The largest absolute Gasteiger partial charge is 0.390 e. The Balaban J connectivity index is 2.96. The number of hydrogen-bond acceptors (Lipinski definition) is 6. The predicted octanol–water partition coefficient (Wildman–Crippen LogP) is 1.17. The van der Waals surface area contributed by atoms with Crippen molar-refractivity contribution in [1.82, 2.24) is 21.3 Å². The van der Waals surface area contributed by atoms with Crippen LogP contribution in [0.1, 0.15) is 73.3 Å². The van der Waals surface area contributed by atoms with Gasteiger partial charge in [-0.05, 0) is 43.1 Å². The molecule has 0 aliphatic heterocycles. The van der Waals surface area contributed by atoms with E-state index in [1.807, 2.05) is 71.9 Å². The molecule has 1 rings (SSSR count). The average molecular weight is 576 g/mol. The van der Waals surface area contributed by atoms with E-state index in [1.165, 1.54) is 6.92 Å². The van der Waals surface area contributed by atoms with E-state index in [2.05, 4.69) is 21.3 Å². The minimum atomic E-state index is -1.30. The fourth-order valence-corrected chi connectivity index (χ4v) is 4.27. The van der Waals surface area contributed by atoms with E-state index in [0.29, 0.717) is 6.42 Å². The van der Waals surface area contributed by atoms with Crippen molar-refractivity contribution in [1.29, 1.82) is 0 Å². The van der Waals surface area contributed by atoms with E-state index < -0.39 is 60.3 Å². The molecule has 230 valence electrons. The van der Waals surface area contributed by atoms with Crippen molar-refractivity contribution in [3.05, 3.63) is 35.9 Å². The van der Waals surface area contributed by atoms with Crippen molar-refractivity contribution in [3.63, 3.8) is 0 Å². The third kappa shape index (κ3) is 13.6. The van der Waals surface area contributed by atoms with Crippen molar-refractivity contribution < 1.29 is 29.1 Å². The molecular formula is C30H49N5O6. The van der Waals surface area contributed by atoms with Crippen molar-refractivity contribution in [3.8, 4) is 0 Å². The van der Waals surface area contributed by atoms with Gasteiger partial charge in [-0.1, -0.05) is 71.9 Å². The maximum Gasteiger partial charge on any atom is 0.243 e. The summed E-state index contributed by atoms with van der Waals surface area (Å²) >= 11 is 0. The summed E-state index contributed by atoms with van der Waals surface area (Å²) in [5.41, 5.74) is 6.22. The van der Waals surface area contributed by atoms with E-state index in [9.17, 15) is 29.1 Å². The molecule has 41 heavy (non-hydrogen) atoms. The van der Waals surface area contributed by atoms with Crippen LogP contribution in [0, 0.1) is 17.8 Å². The molecule has 0 spiro atoms. The Bertz CT molecular complexity index is 1010. The first kappa shape index (κ1) is 35.6. The molecule has 0 unspecified atom stereocenters. The van der Waals surface area contributed by atoms with Gasteiger partial charge in [0.15, 0.2) is 0 Å². The summed E-state index contributed by atoms with van der Waals surface area (Å²) in [6.45, 7) is 12.7. The predicted molar refractivity (Wildman–Crippen MR) is 157 cm³/mol. The maximum atomic E-state index is 13.3. The van der Waals surface area contributed by atoms with E-state index in [-0.39, 0.29) is 36.5 Å². The summed E-state index contributed by atoms with van der Waals surface area (Å²) in [4.78, 5) is 62.7. The van der Waals surface area contributed by atoms with Crippen LogP contribution in [0.4, 0.5) is 0 Å². The summed E-state index contributed by atoms with van der Waals surface area (Å²) in [6.07, 6.45) is -0.829. The maximum absolute atomic E-state index is 13.3. The van der Waals surface area contributed by atoms with Gasteiger partial charge in [0, 0.05) is 6.42 Å². The molecular weight excluding hydrogens is 526 g/mol. The molecule has 0 bridgehead atoms. The molecule has 11 heteroatoms. The molecule has 5 atom stereocenters. The third-order valence-corrected chi connectivity index (χ3v) is 6.48. The molecule has 1 aromatic rings. The average Bonchev–Trinajstić information content (AvgIpc) is 2.85. The second-order valence-corrected chi connectivity index (χ2v) is 11.8. The number of hydrogen-bond donors (Lipinski definition) is 6. The Morgan fingerprint density at radius 3 is 1.85 bits per heavy atom. The molecule has 0 aliphatic carbocycles. The van der Waals surface area contributed by atoms with Crippen molar-refractivity contribution in [2.24, 2.45) is 23.5 Å². The molecule has 0 aromatic heterocycles. The molecule has 0 radical (unpaired) electrons. The van der Waals surface area contributed by atoms with Crippen LogP contribution in [-0.2, 0) is 30.4 Å². The first-order chi connectivity index (χ1) is 19.1. The first-order valence-corrected chi connectivity index (χ1v) is 14.3. The van der Waals surface area contributed by atoms with E-state index in [0.717, 1.165) is 5.56 Å². The number of amides is 5. The molecule has 0 saturated carbocycles. The number of carbonyl (C=O) groups excluding carboxylic acids is 5. The number of nitrogens with one attached hydrogen (secondary N) is 4. The molecule has 7 N–H and O–H groups in total. The first-order valence-electron chi connectivity index (χ1n) is 14.3. The van der Waals surface area contributed by atoms with Crippen LogP contribution >= 0.6 is 0 Å². The monoisotopic (exact) mass is 575 g/mol. The van der Waals surface area contributed by atoms with Crippen LogP contribution in [0.2, 0.25) is 0 Å². The molecule has 5 amide bonds. The summed E-state index contributed by atoms with van der Waals surface area (Å²) in [7, 11) is 0. The van der Waals surface area contributed by atoms with E-state index in [1.54, 1.807) is 0 Å². The lowest BCUT2D eigenvalue weighted by Gasteiger charge is -2.29. The van der Waals surface area contributed by atoms with Crippen LogP contribution in [-0.4, -0.2) is 64.9 Å². The van der Waals surface area contributed by atoms with Gasteiger partial charge in [0.25, 0.3) is 0 Å². The second kappa shape index (κ2) is 17.4. The van der Waals surface area contributed by atoms with Gasteiger partial charge in [0.1, 0.15) is 18.1 Å². The molecule has 0 aliphatic rings. The lowest BCUT2D eigenvalue weighted by Crippen LogP contribution is -2.56. The lowest BCUT2D eigenvalue weighted by molar-refractivity contribution is -0.133. The van der Waals surface area contributed by atoms with Crippen molar-refractivity contribution in [2.45, 2.75) is 104 Å². The minimum Gasteiger partial charge on any atom is -0.390 e. The summed E-state index contributed by atoms with van der Waals surface area (Å²) in [5, 5.41) is 21.8. The van der Waals surface area contributed by atoms with Gasteiger partial charge in [0.05, 0.1) is 18.6 Å². The minimum absolute atomic E-state index is 0.114. The van der Waals surface area contributed by atoms with Crippen LogP contribution < -0.4 is 27.0 Å². The highest BCUT2D eigenvalue weighted by atomic mass is 16.3. The Kier molecular flexibility index (Phi) is 15.1. The van der Waals surface area contributed by atoms with Crippen LogP contribution in [0.15, 0.2) is 30.3 Å². The van der Waals surface area contributed by atoms with Gasteiger partial charge in [-0.3, -0.25) is 24.0 Å². The fourth-order valence-electron chi connectivity index (χ4n) is 4.27. The van der Waals surface area contributed by atoms with Crippen LogP contribution in [0.25, 0.3) is 0 Å². The summed E-state index contributed by atoms with van der Waals surface area (Å²) in [6, 6.07) is 5.65. The molecule has 1 aromatic carbocycles. The Morgan fingerprint density at radius 2 is 1.34 bits per heavy atom. The summed E-state index contributed by atoms with van der Waals surface area (Å²) < 4.78 is 0. The highest BCUT2D eigenvalue weighted by Crippen LogP contribution is 2.12. The number of primary amides is 1. The normalized spacial score (nSPS) is 15.0. The van der Waals surface area contributed by atoms with Gasteiger partial charge in [-0.2, -0.15) is 0 Å². The number of aliphatic hydroxyl groups is 1. The van der Waals surface area contributed by atoms with Gasteiger partial charge >= 0.3 is 0 Å². The fraction of sp³-hybridized carbons (Fsp3) is 0.633. The van der Waals surface area contributed by atoms with E-state index >= 15 is 0 Å². The smallest absolute Gasteiger partial charge is 0.243 e. The SMILES string of the molecule is CC(C)CC(=O)N[C@H](C(=O)N[C@@H](Cc1ccccc1)[C@@H](O)CC(=O)N[C@@H](C)C(=O)N[C@@H](CC(C)C)C(N)=O)C(C)C. The number of benzene rings is 1. The number of rotatable bonds is 17. The zero-order valence-corrected chi connectivity index (χ0v) is 25.4. The Morgan fingerprint density at radius 1 is 0.756 bits per heavy atom. The van der Waals surface area contributed by atoms with Gasteiger partial charge in [-0.15, -0.1) is 0 Å². The zero-order valence-electron chi connectivity index (χ0n) is 25.4. The topological polar surface area (TPSA) is 180 Å². The number of carbonyl (C=O) groups is 5. The van der Waals surface area contributed by atoms with E-state index in [4.69, 9.17) is 5.73 Å². The van der Waals surface area contributed by atoms with Crippen molar-refractivity contribution >= 4 is 29.5 Å². The highest BCUT2D eigenvalue weighted by Gasteiger charge is 2.31.